The quantitative estimate of drug-likeness (QED) is 0.310. The van der Waals surface area contributed by atoms with Gasteiger partial charge in [-0.25, -0.2) is 9.67 Å². The first kappa shape index (κ1) is 22.6. The van der Waals surface area contributed by atoms with Crippen molar-refractivity contribution in [3.8, 4) is 5.75 Å². The molecular formula is C22H17Cl3N4O2S. The highest BCUT2D eigenvalue weighted by molar-refractivity contribution is 7.12. The van der Waals surface area contributed by atoms with Crippen LogP contribution < -0.4 is 10.1 Å². The van der Waals surface area contributed by atoms with E-state index in [4.69, 9.17) is 39.5 Å². The molecule has 0 aliphatic heterocycles. The van der Waals surface area contributed by atoms with E-state index in [1.165, 1.54) is 17.7 Å². The summed E-state index contributed by atoms with van der Waals surface area (Å²) in [5.41, 5.74) is 2.84. The van der Waals surface area contributed by atoms with Crippen molar-refractivity contribution in [3.05, 3.63) is 90.8 Å². The number of hydrogen-bond acceptors (Lipinski definition) is 5. The van der Waals surface area contributed by atoms with Crippen LogP contribution in [0.5, 0.6) is 5.75 Å². The Morgan fingerprint density at radius 2 is 1.88 bits per heavy atom. The maximum absolute atomic E-state index is 12.6. The molecule has 0 aliphatic carbocycles. The molecule has 0 spiro atoms. The Morgan fingerprint density at radius 1 is 1.06 bits per heavy atom. The molecule has 1 N–H and O–H groups in total. The second-order valence-electron chi connectivity index (χ2n) is 7.01. The van der Waals surface area contributed by atoms with Crippen molar-refractivity contribution in [2.75, 3.05) is 5.32 Å². The van der Waals surface area contributed by atoms with E-state index in [9.17, 15) is 4.79 Å². The molecule has 2 aromatic heterocycles. The Bertz CT molecular complexity index is 1270. The van der Waals surface area contributed by atoms with Crippen LogP contribution in [0.15, 0.2) is 54.2 Å². The number of halogens is 3. The molecule has 0 radical (unpaired) electrons. The number of anilines is 1. The maximum atomic E-state index is 12.6. The molecule has 0 unspecified atom stereocenters. The van der Waals surface area contributed by atoms with Gasteiger partial charge in [0.25, 0.3) is 5.91 Å². The first-order valence-electron chi connectivity index (χ1n) is 9.48. The second-order valence-corrected chi connectivity index (χ2v) is 9.14. The van der Waals surface area contributed by atoms with Crippen LogP contribution in [0.2, 0.25) is 15.1 Å². The van der Waals surface area contributed by atoms with Gasteiger partial charge in [0.05, 0.1) is 26.5 Å². The van der Waals surface area contributed by atoms with Gasteiger partial charge in [0, 0.05) is 5.56 Å². The van der Waals surface area contributed by atoms with E-state index in [1.807, 2.05) is 30.5 Å². The molecular weight excluding hydrogens is 491 g/mol. The highest BCUT2D eigenvalue weighted by Crippen LogP contribution is 2.27. The van der Waals surface area contributed by atoms with Crippen molar-refractivity contribution in [1.82, 2.24) is 14.8 Å². The number of carbonyl (C=O) groups is 1. The smallest absolute Gasteiger partial charge is 0.268 e. The number of benzene rings is 2. The Labute approximate surface area is 203 Å². The van der Waals surface area contributed by atoms with E-state index in [2.05, 4.69) is 15.4 Å². The highest BCUT2D eigenvalue weighted by atomic mass is 35.5. The van der Waals surface area contributed by atoms with Crippen LogP contribution in [0.3, 0.4) is 0 Å². The molecule has 10 heteroatoms. The number of ether oxygens (including phenoxy) is 1. The van der Waals surface area contributed by atoms with Gasteiger partial charge in [-0.05, 0) is 53.8 Å². The number of rotatable bonds is 7. The molecule has 4 rings (SSSR count). The van der Waals surface area contributed by atoms with Crippen molar-refractivity contribution in [3.63, 3.8) is 0 Å². The van der Waals surface area contributed by atoms with Crippen LogP contribution in [0.4, 0.5) is 5.95 Å². The zero-order chi connectivity index (χ0) is 22.7. The third kappa shape index (κ3) is 5.61. The molecule has 0 aliphatic rings. The first-order chi connectivity index (χ1) is 15.4. The van der Waals surface area contributed by atoms with Gasteiger partial charge in [-0.3, -0.25) is 10.1 Å². The van der Waals surface area contributed by atoms with Crippen molar-refractivity contribution in [2.45, 2.75) is 20.1 Å². The lowest BCUT2D eigenvalue weighted by molar-refractivity contribution is 0.102. The van der Waals surface area contributed by atoms with Crippen LogP contribution in [0.1, 0.15) is 26.4 Å². The minimum absolute atomic E-state index is 0.216. The molecule has 0 atom stereocenters. The van der Waals surface area contributed by atoms with Crippen molar-refractivity contribution >= 4 is 58.0 Å². The van der Waals surface area contributed by atoms with Gasteiger partial charge in [0.1, 0.15) is 18.7 Å². The normalized spacial score (nSPS) is 10.9. The van der Waals surface area contributed by atoms with E-state index >= 15 is 0 Å². The fourth-order valence-electron chi connectivity index (χ4n) is 2.87. The fraction of sp³-hybridized carbons (Fsp3) is 0.136. The Balaban J connectivity index is 1.35. The SMILES string of the molecule is Cc1ccc(Cl)c(OCc2csc(C(=O)Nc3ncn(Cc4ccc(Cl)c(Cl)c4)n3)c2)c1. The number of amides is 1. The Kier molecular flexibility index (Phi) is 7.01. The first-order valence-corrected chi connectivity index (χ1v) is 11.5. The van der Waals surface area contributed by atoms with Crippen molar-refractivity contribution in [2.24, 2.45) is 0 Å². The topological polar surface area (TPSA) is 69.0 Å². The summed E-state index contributed by atoms with van der Waals surface area (Å²) < 4.78 is 7.39. The molecule has 164 valence electrons. The predicted octanol–water partition coefficient (Wildman–Crippen LogP) is 6.49. The fourth-order valence-corrected chi connectivity index (χ4v) is 4.15. The number of aryl methyl sites for hydroxylation is 1. The minimum Gasteiger partial charge on any atom is -0.487 e. The lowest BCUT2D eigenvalue weighted by atomic mass is 10.2. The molecule has 2 heterocycles. The average Bonchev–Trinajstić information content (AvgIpc) is 3.41. The summed E-state index contributed by atoms with van der Waals surface area (Å²) in [6.07, 6.45) is 1.54. The zero-order valence-corrected chi connectivity index (χ0v) is 19.9. The van der Waals surface area contributed by atoms with E-state index in [0.29, 0.717) is 38.8 Å². The molecule has 0 bridgehead atoms. The van der Waals surface area contributed by atoms with Crippen LogP contribution in [0, 0.1) is 6.92 Å². The summed E-state index contributed by atoms with van der Waals surface area (Å²) in [4.78, 5) is 17.2. The molecule has 4 aromatic rings. The summed E-state index contributed by atoms with van der Waals surface area (Å²) in [5.74, 6) is 0.538. The van der Waals surface area contributed by atoms with Crippen LogP contribution in [0.25, 0.3) is 0 Å². The molecule has 0 saturated heterocycles. The summed E-state index contributed by atoms with van der Waals surface area (Å²) in [5, 5.41) is 10.4. The largest absolute Gasteiger partial charge is 0.487 e. The van der Waals surface area contributed by atoms with E-state index in [-0.39, 0.29) is 11.9 Å². The molecule has 1 amide bonds. The van der Waals surface area contributed by atoms with Gasteiger partial charge in [0.15, 0.2) is 0 Å². The number of nitrogens with one attached hydrogen (secondary N) is 1. The summed E-state index contributed by atoms with van der Waals surface area (Å²) in [6, 6.07) is 12.7. The van der Waals surface area contributed by atoms with E-state index in [1.54, 1.807) is 28.9 Å². The Morgan fingerprint density at radius 3 is 2.69 bits per heavy atom. The zero-order valence-electron chi connectivity index (χ0n) is 16.8. The highest BCUT2D eigenvalue weighted by Gasteiger charge is 2.13. The monoisotopic (exact) mass is 506 g/mol. The molecule has 6 nitrogen and oxygen atoms in total. The van der Waals surface area contributed by atoms with Gasteiger partial charge < -0.3 is 4.74 Å². The molecule has 0 fully saturated rings. The van der Waals surface area contributed by atoms with Crippen LogP contribution in [-0.4, -0.2) is 20.7 Å². The number of aromatic nitrogens is 3. The predicted molar refractivity (Wildman–Crippen MR) is 128 cm³/mol. The number of thiophene rings is 1. The summed E-state index contributed by atoms with van der Waals surface area (Å²) in [7, 11) is 0. The van der Waals surface area contributed by atoms with Gasteiger partial charge in [-0.1, -0.05) is 46.9 Å². The molecule has 32 heavy (non-hydrogen) atoms. The summed E-state index contributed by atoms with van der Waals surface area (Å²) >= 11 is 19.5. The lowest BCUT2D eigenvalue weighted by Gasteiger charge is -2.07. The van der Waals surface area contributed by atoms with Crippen LogP contribution in [-0.2, 0) is 13.2 Å². The summed E-state index contributed by atoms with van der Waals surface area (Å²) in [6.45, 7) is 2.72. The van der Waals surface area contributed by atoms with Gasteiger partial charge in [-0.15, -0.1) is 16.4 Å². The van der Waals surface area contributed by atoms with Gasteiger partial charge >= 0.3 is 0 Å². The van der Waals surface area contributed by atoms with Gasteiger partial charge in [-0.2, -0.15) is 0 Å². The van der Waals surface area contributed by atoms with Crippen molar-refractivity contribution in [1.29, 1.82) is 0 Å². The van der Waals surface area contributed by atoms with Crippen LogP contribution >= 0.6 is 46.1 Å². The number of nitrogens with zero attached hydrogens (tertiary/aromatic N) is 3. The second kappa shape index (κ2) is 9.92. The number of hydrogen-bond donors (Lipinski definition) is 1. The third-order valence-corrected chi connectivity index (χ3v) is 6.48. The number of carbonyl (C=O) groups excluding carboxylic acids is 1. The minimum atomic E-state index is -0.290. The lowest BCUT2D eigenvalue weighted by Crippen LogP contribution is -2.12. The van der Waals surface area contributed by atoms with Crippen molar-refractivity contribution < 1.29 is 9.53 Å². The van der Waals surface area contributed by atoms with E-state index < -0.39 is 0 Å². The molecule has 2 aromatic carbocycles. The Hall–Kier alpha value is -2.58. The standard InChI is InChI=1S/C22H17Cl3N4O2S/c1-13-2-4-17(24)19(6-13)31-10-15-8-20(32-11-15)21(30)27-22-26-12-29(28-22)9-14-3-5-16(23)18(25)7-14/h2-8,11-12H,9-10H2,1H3,(H,27,28,30). The molecule has 0 saturated carbocycles. The van der Waals surface area contributed by atoms with Gasteiger partial charge in [0.2, 0.25) is 5.95 Å². The average molecular weight is 508 g/mol. The van der Waals surface area contributed by atoms with E-state index in [0.717, 1.165) is 16.7 Å². The third-order valence-electron chi connectivity index (χ3n) is 4.45. The maximum Gasteiger partial charge on any atom is 0.268 e.